The highest BCUT2D eigenvalue weighted by Gasteiger charge is 2.22. The van der Waals surface area contributed by atoms with E-state index in [0.29, 0.717) is 0 Å². The van der Waals surface area contributed by atoms with Gasteiger partial charge in [-0.25, -0.2) is 0 Å². The number of amides is 2. The third-order valence-electron chi connectivity index (χ3n) is 3.69. The Morgan fingerprint density at radius 2 is 2.09 bits per heavy atom. The number of hydrogen-bond donors (Lipinski definition) is 3. The summed E-state index contributed by atoms with van der Waals surface area (Å²) in [6, 6.07) is 7.38. The standard InChI is InChI=1S/C16H23N3O2.ClH/c1-11(18-16(21)15-8-3-4-9-17-15)13-6-5-7-14(10-13)19-12(2)20;/h5-7,10-11,15,17H,3-4,8-9H2,1-2H3,(H,18,21)(H,19,20);1H/t11?,15-;/m1./s1. The normalized spacial score (nSPS) is 18.7. The third kappa shape index (κ3) is 5.31. The maximum Gasteiger partial charge on any atom is 0.237 e. The number of nitrogens with one attached hydrogen (secondary N) is 3. The molecule has 1 aliphatic rings. The van der Waals surface area contributed by atoms with Crippen molar-refractivity contribution in [2.24, 2.45) is 0 Å². The first-order valence-electron chi connectivity index (χ1n) is 7.47. The zero-order chi connectivity index (χ0) is 15.2. The highest BCUT2D eigenvalue weighted by molar-refractivity contribution is 5.88. The molecule has 2 rings (SSSR count). The van der Waals surface area contributed by atoms with Crippen molar-refractivity contribution in [1.29, 1.82) is 0 Å². The number of benzene rings is 1. The molecule has 6 heteroatoms. The molecule has 2 atom stereocenters. The van der Waals surface area contributed by atoms with Crippen LogP contribution in [0.2, 0.25) is 0 Å². The van der Waals surface area contributed by atoms with Gasteiger partial charge in [0, 0.05) is 12.6 Å². The third-order valence-corrected chi connectivity index (χ3v) is 3.69. The lowest BCUT2D eigenvalue weighted by molar-refractivity contribution is -0.124. The largest absolute Gasteiger partial charge is 0.348 e. The molecular formula is C16H24ClN3O2. The first kappa shape index (κ1) is 18.5. The highest BCUT2D eigenvalue weighted by Crippen LogP contribution is 2.18. The van der Waals surface area contributed by atoms with Crippen molar-refractivity contribution in [3.05, 3.63) is 29.8 Å². The summed E-state index contributed by atoms with van der Waals surface area (Å²) < 4.78 is 0. The van der Waals surface area contributed by atoms with Gasteiger partial charge in [0.25, 0.3) is 0 Å². The van der Waals surface area contributed by atoms with Gasteiger partial charge in [-0.15, -0.1) is 12.4 Å². The summed E-state index contributed by atoms with van der Waals surface area (Å²) in [6.45, 7) is 4.34. The quantitative estimate of drug-likeness (QED) is 0.796. The number of rotatable bonds is 4. The zero-order valence-electron chi connectivity index (χ0n) is 13.0. The molecule has 1 aromatic rings. The van der Waals surface area contributed by atoms with Crippen LogP contribution in [-0.2, 0) is 9.59 Å². The summed E-state index contributed by atoms with van der Waals surface area (Å²) in [6.07, 6.45) is 3.13. The van der Waals surface area contributed by atoms with Crippen LogP contribution in [0.1, 0.15) is 44.7 Å². The molecular weight excluding hydrogens is 302 g/mol. The van der Waals surface area contributed by atoms with Crippen molar-refractivity contribution in [3.8, 4) is 0 Å². The van der Waals surface area contributed by atoms with Gasteiger partial charge in [0.1, 0.15) is 0 Å². The van der Waals surface area contributed by atoms with Gasteiger partial charge in [-0.1, -0.05) is 18.6 Å². The summed E-state index contributed by atoms with van der Waals surface area (Å²) in [5.41, 5.74) is 1.72. The van der Waals surface area contributed by atoms with Gasteiger partial charge in [0.2, 0.25) is 11.8 Å². The summed E-state index contributed by atoms with van der Waals surface area (Å²) in [5.74, 6) is -0.0534. The zero-order valence-corrected chi connectivity index (χ0v) is 13.8. The predicted molar refractivity (Wildman–Crippen MR) is 90.2 cm³/mol. The van der Waals surface area contributed by atoms with Crippen LogP contribution in [-0.4, -0.2) is 24.4 Å². The van der Waals surface area contributed by atoms with Crippen LogP contribution >= 0.6 is 12.4 Å². The SMILES string of the molecule is CC(=O)Nc1cccc(C(C)NC(=O)[C@H]2CCCCN2)c1.Cl. The van der Waals surface area contributed by atoms with E-state index in [1.807, 2.05) is 31.2 Å². The molecule has 5 nitrogen and oxygen atoms in total. The molecule has 122 valence electrons. The molecule has 1 heterocycles. The van der Waals surface area contributed by atoms with Crippen LogP contribution < -0.4 is 16.0 Å². The van der Waals surface area contributed by atoms with Crippen molar-refractivity contribution < 1.29 is 9.59 Å². The van der Waals surface area contributed by atoms with Gasteiger partial charge < -0.3 is 16.0 Å². The Kier molecular flexibility index (Phi) is 7.35. The molecule has 0 bridgehead atoms. The van der Waals surface area contributed by atoms with E-state index in [-0.39, 0.29) is 36.3 Å². The van der Waals surface area contributed by atoms with Crippen LogP contribution in [0.25, 0.3) is 0 Å². The number of hydrogen-bond acceptors (Lipinski definition) is 3. The molecule has 1 fully saturated rings. The smallest absolute Gasteiger partial charge is 0.237 e. The second-order valence-corrected chi connectivity index (χ2v) is 5.54. The average Bonchev–Trinajstić information content (AvgIpc) is 2.47. The van der Waals surface area contributed by atoms with Gasteiger partial charge in [0.05, 0.1) is 12.1 Å². The fourth-order valence-electron chi connectivity index (χ4n) is 2.56. The Labute approximate surface area is 137 Å². The Balaban J connectivity index is 0.00000242. The van der Waals surface area contributed by atoms with Crippen molar-refractivity contribution >= 4 is 29.9 Å². The van der Waals surface area contributed by atoms with E-state index in [4.69, 9.17) is 0 Å². The van der Waals surface area contributed by atoms with E-state index in [1.165, 1.54) is 6.92 Å². The molecule has 1 aromatic carbocycles. The fourth-order valence-corrected chi connectivity index (χ4v) is 2.56. The molecule has 0 spiro atoms. The summed E-state index contributed by atoms with van der Waals surface area (Å²) in [4.78, 5) is 23.3. The number of carbonyl (C=O) groups is 2. The minimum atomic E-state index is -0.102. The van der Waals surface area contributed by atoms with Gasteiger partial charge in [-0.2, -0.15) is 0 Å². The minimum Gasteiger partial charge on any atom is -0.348 e. The monoisotopic (exact) mass is 325 g/mol. The van der Waals surface area contributed by atoms with Crippen LogP contribution in [0.4, 0.5) is 5.69 Å². The molecule has 1 saturated heterocycles. The Morgan fingerprint density at radius 1 is 1.32 bits per heavy atom. The van der Waals surface area contributed by atoms with Gasteiger partial charge >= 0.3 is 0 Å². The van der Waals surface area contributed by atoms with E-state index in [2.05, 4.69) is 16.0 Å². The number of anilines is 1. The van der Waals surface area contributed by atoms with Gasteiger partial charge in [-0.3, -0.25) is 9.59 Å². The average molecular weight is 326 g/mol. The molecule has 0 aliphatic carbocycles. The van der Waals surface area contributed by atoms with Crippen molar-refractivity contribution in [3.63, 3.8) is 0 Å². The van der Waals surface area contributed by atoms with Gasteiger partial charge in [0.15, 0.2) is 0 Å². The van der Waals surface area contributed by atoms with Crippen LogP contribution in [0, 0.1) is 0 Å². The van der Waals surface area contributed by atoms with Crippen molar-refractivity contribution in [2.45, 2.75) is 45.2 Å². The van der Waals surface area contributed by atoms with Gasteiger partial charge in [-0.05, 0) is 44.0 Å². The summed E-state index contributed by atoms with van der Waals surface area (Å²) in [7, 11) is 0. The highest BCUT2D eigenvalue weighted by atomic mass is 35.5. The molecule has 1 aliphatic heterocycles. The molecule has 0 saturated carbocycles. The summed E-state index contributed by atoms with van der Waals surface area (Å²) in [5, 5.41) is 9.03. The second kappa shape index (κ2) is 8.76. The minimum absolute atomic E-state index is 0. The maximum absolute atomic E-state index is 12.2. The molecule has 3 N–H and O–H groups in total. The Bertz CT molecular complexity index is 516. The Morgan fingerprint density at radius 3 is 2.73 bits per heavy atom. The number of halogens is 1. The molecule has 22 heavy (non-hydrogen) atoms. The van der Waals surface area contributed by atoms with E-state index in [0.717, 1.165) is 37.1 Å². The maximum atomic E-state index is 12.2. The van der Waals surface area contributed by atoms with E-state index >= 15 is 0 Å². The van der Waals surface area contributed by atoms with E-state index < -0.39 is 0 Å². The molecule has 0 aromatic heterocycles. The molecule has 0 radical (unpaired) electrons. The fraction of sp³-hybridized carbons (Fsp3) is 0.500. The van der Waals surface area contributed by atoms with Crippen LogP contribution in [0.5, 0.6) is 0 Å². The molecule has 2 amide bonds. The lowest BCUT2D eigenvalue weighted by Crippen LogP contribution is -2.47. The van der Waals surface area contributed by atoms with Crippen molar-refractivity contribution in [2.75, 3.05) is 11.9 Å². The molecule has 1 unspecified atom stereocenters. The first-order chi connectivity index (χ1) is 10.1. The van der Waals surface area contributed by atoms with Crippen LogP contribution in [0.3, 0.4) is 0 Å². The lowest BCUT2D eigenvalue weighted by atomic mass is 10.0. The number of piperidine rings is 1. The Hall–Kier alpha value is -1.59. The predicted octanol–water partition coefficient (Wildman–Crippen LogP) is 2.39. The summed E-state index contributed by atoms with van der Waals surface area (Å²) >= 11 is 0. The lowest BCUT2D eigenvalue weighted by Gasteiger charge is -2.24. The topological polar surface area (TPSA) is 70.2 Å². The van der Waals surface area contributed by atoms with Crippen molar-refractivity contribution in [1.82, 2.24) is 10.6 Å². The number of carbonyl (C=O) groups excluding carboxylic acids is 2. The second-order valence-electron chi connectivity index (χ2n) is 5.54. The van der Waals surface area contributed by atoms with Crippen LogP contribution in [0.15, 0.2) is 24.3 Å². The van der Waals surface area contributed by atoms with E-state index in [9.17, 15) is 9.59 Å². The first-order valence-corrected chi connectivity index (χ1v) is 7.47. The van der Waals surface area contributed by atoms with E-state index in [1.54, 1.807) is 0 Å².